The number of halogens is 3. The van der Waals surface area contributed by atoms with E-state index in [0.29, 0.717) is 12.1 Å². The Hall–Kier alpha value is -1.72. The minimum Gasteiger partial charge on any atom is -0.406 e. The van der Waals surface area contributed by atoms with Gasteiger partial charge in [-0.05, 0) is 25.5 Å². The third-order valence-corrected chi connectivity index (χ3v) is 2.88. The average Bonchev–Trinajstić information content (AvgIpc) is 2.54. The highest BCUT2D eigenvalue weighted by Crippen LogP contribution is 2.27. The van der Waals surface area contributed by atoms with Crippen molar-refractivity contribution in [2.75, 3.05) is 11.9 Å². The standard InChI is InChI=1S/C12H16F3NO.C3H6O.C2H6/c1-4-9(2)16(3)10-6-5-7-11(8-10)17-12(13,14)15;1-2-3-4;1-2/h5-9H,4H2,1-3H3;3H,2H2,1H3;1-2H3. The van der Waals surface area contributed by atoms with E-state index in [-0.39, 0.29) is 11.8 Å². The third-order valence-electron chi connectivity index (χ3n) is 2.88. The molecule has 1 atom stereocenters. The number of ether oxygens (including phenoxy) is 1. The monoisotopic (exact) mass is 335 g/mol. The van der Waals surface area contributed by atoms with Crippen LogP contribution in [0.1, 0.15) is 47.5 Å². The molecule has 0 aliphatic carbocycles. The second-order valence-electron chi connectivity index (χ2n) is 4.49. The van der Waals surface area contributed by atoms with Crippen molar-refractivity contribution in [2.45, 2.75) is 59.9 Å². The lowest BCUT2D eigenvalue weighted by molar-refractivity contribution is -0.274. The fourth-order valence-electron chi connectivity index (χ4n) is 1.43. The quantitative estimate of drug-likeness (QED) is 0.671. The number of hydrogen-bond donors (Lipinski definition) is 0. The molecule has 1 aromatic carbocycles. The maximum absolute atomic E-state index is 12.1. The molecular formula is C17H28F3NO2. The molecule has 0 saturated heterocycles. The van der Waals surface area contributed by atoms with Gasteiger partial charge in [-0.2, -0.15) is 0 Å². The van der Waals surface area contributed by atoms with E-state index in [2.05, 4.69) is 4.74 Å². The summed E-state index contributed by atoms with van der Waals surface area (Å²) in [5, 5.41) is 0. The Bertz CT molecular complexity index is 423. The molecule has 0 heterocycles. The zero-order valence-electron chi connectivity index (χ0n) is 14.8. The van der Waals surface area contributed by atoms with Crippen molar-refractivity contribution in [2.24, 2.45) is 0 Å². The molecule has 6 heteroatoms. The maximum atomic E-state index is 12.1. The van der Waals surface area contributed by atoms with Gasteiger partial charge in [0.25, 0.3) is 0 Å². The van der Waals surface area contributed by atoms with Crippen molar-refractivity contribution in [1.29, 1.82) is 0 Å². The second kappa shape index (κ2) is 12.8. The number of aldehydes is 1. The van der Waals surface area contributed by atoms with Gasteiger partial charge in [-0.1, -0.05) is 33.8 Å². The van der Waals surface area contributed by atoms with Crippen LogP contribution in [0.5, 0.6) is 5.75 Å². The van der Waals surface area contributed by atoms with E-state index < -0.39 is 6.36 Å². The molecule has 0 N–H and O–H groups in total. The average molecular weight is 335 g/mol. The van der Waals surface area contributed by atoms with Gasteiger partial charge in [0, 0.05) is 31.3 Å². The van der Waals surface area contributed by atoms with Crippen LogP contribution in [0.25, 0.3) is 0 Å². The first-order valence-corrected chi connectivity index (χ1v) is 7.77. The van der Waals surface area contributed by atoms with Crippen LogP contribution in [0.15, 0.2) is 24.3 Å². The molecule has 0 amide bonds. The summed E-state index contributed by atoms with van der Waals surface area (Å²) in [5.41, 5.74) is 0.709. The highest BCUT2D eigenvalue weighted by atomic mass is 19.4. The summed E-state index contributed by atoms with van der Waals surface area (Å²) in [4.78, 5) is 11.1. The van der Waals surface area contributed by atoms with Crippen LogP contribution in [0.4, 0.5) is 18.9 Å². The lowest BCUT2D eigenvalue weighted by atomic mass is 10.2. The van der Waals surface area contributed by atoms with Gasteiger partial charge in [0.15, 0.2) is 0 Å². The minimum atomic E-state index is -4.65. The highest BCUT2D eigenvalue weighted by Gasteiger charge is 2.31. The third kappa shape index (κ3) is 11.5. The topological polar surface area (TPSA) is 29.5 Å². The Morgan fingerprint density at radius 2 is 1.78 bits per heavy atom. The smallest absolute Gasteiger partial charge is 0.406 e. The molecule has 0 spiro atoms. The number of alkyl halides is 3. The Morgan fingerprint density at radius 3 is 2.17 bits per heavy atom. The van der Waals surface area contributed by atoms with Crippen LogP contribution in [0, 0.1) is 0 Å². The van der Waals surface area contributed by atoms with E-state index >= 15 is 0 Å². The molecule has 1 rings (SSSR count). The molecule has 0 aliphatic heterocycles. The van der Waals surface area contributed by atoms with E-state index in [1.807, 2.05) is 46.6 Å². The highest BCUT2D eigenvalue weighted by molar-refractivity contribution is 5.50. The molecule has 0 aliphatic rings. The zero-order valence-corrected chi connectivity index (χ0v) is 14.8. The Morgan fingerprint density at radius 1 is 1.26 bits per heavy atom. The number of carbonyl (C=O) groups is 1. The summed E-state index contributed by atoms with van der Waals surface area (Å²) < 4.78 is 40.1. The van der Waals surface area contributed by atoms with E-state index in [1.165, 1.54) is 12.1 Å². The van der Waals surface area contributed by atoms with Crippen molar-refractivity contribution < 1.29 is 22.7 Å². The molecule has 3 nitrogen and oxygen atoms in total. The molecule has 0 bridgehead atoms. The second-order valence-corrected chi connectivity index (χ2v) is 4.49. The normalized spacial score (nSPS) is 11.2. The summed E-state index contributed by atoms with van der Waals surface area (Å²) in [6, 6.07) is 6.25. The van der Waals surface area contributed by atoms with Gasteiger partial charge in [-0.3, -0.25) is 0 Å². The molecule has 23 heavy (non-hydrogen) atoms. The number of benzene rings is 1. The first-order valence-electron chi connectivity index (χ1n) is 7.77. The van der Waals surface area contributed by atoms with Crippen LogP contribution in [-0.4, -0.2) is 25.7 Å². The maximum Gasteiger partial charge on any atom is 0.573 e. The van der Waals surface area contributed by atoms with Crippen molar-refractivity contribution in [3.8, 4) is 5.75 Å². The Balaban J connectivity index is 0. The summed E-state index contributed by atoms with van der Waals surface area (Å²) in [6.45, 7) is 9.85. The summed E-state index contributed by atoms with van der Waals surface area (Å²) in [6.07, 6.45) is -2.21. The molecule has 0 aromatic heterocycles. The van der Waals surface area contributed by atoms with Gasteiger partial charge in [-0.25, -0.2) is 0 Å². The van der Waals surface area contributed by atoms with E-state index in [1.54, 1.807) is 12.1 Å². The first-order chi connectivity index (χ1) is 10.7. The van der Waals surface area contributed by atoms with E-state index in [4.69, 9.17) is 0 Å². The molecule has 0 radical (unpaired) electrons. The van der Waals surface area contributed by atoms with Crippen molar-refractivity contribution in [3.05, 3.63) is 24.3 Å². The summed E-state index contributed by atoms with van der Waals surface area (Å²) in [5.74, 6) is -0.190. The lowest BCUT2D eigenvalue weighted by Gasteiger charge is -2.26. The molecular weight excluding hydrogens is 307 g/mol. The number of nitrogens with zero attached hydrogens (tertiary/aromatic N) is 1. The summed E-state index contributed by atoms with van der Waals surface area (Å²) in [7, 11) is 1.85. The molecule has 1 aromatic rings. The minimum absolute atomic E-state index is 0.190. The fraction of sp³-hybridized carbons (Fsp3) is 0.588. The Kier molecular flexibility index (Phi) is 13.1. The largest absolute Gasteiger partial charge is 0.573 e. The van der Waals surface area contributed by atoms with Crippen LogP contribution in [0.3, 0.4) is 0 Å². The first kappa shape index (κ1) is 23.5. The lowest BCUT2D eigenvalue weighted by Crippen LogP contribution is -2.28. The summed E-state index contributed by atoms with van der Waals surface area (Å²) >= 11 is 0. The van der Waals surface area contributed by atoms with Crippen LogP contribution >= 0.6 is 0 Å². The fourth-order valence-corrected chi connectivity index (χ4v) is 1.43. The van der Waals surface area contributed by atoms with Crippen molar-refractivity contribution in [1.82, 2.24) is 0 Å². The van der Waals surface area contributed by atoms with Crippen LogP contribution < -0.4 is 9.64 Å². The van der Waals surface area contributed by atoms with Crippen LogP contribution in [-0.2, 0) is 4.79 Å². The number of hydrogen-bond acceptors (Lipinski definition) is 3. The zero-order chi connectivity index (χ0) is 18.5. The van der Waals surface area contributed by atoms with E-state index in [9.17, 15) is 18.0 Å². The van der Waals surface area contributed by atoms with Crippen LogP contribution in [0.2, 0.25) is 0 Å². The van der Waals surface area contributed by atoms with E-state index in [0.717, 1.165) is 12.7 Å². The van der Waals surface area contributed by atoms with Crippen molar-refractivity contribution >= 4 is 12.0 Å². The van der Waals surface area contributed by atoms with Gasteiger partial charge in [0.2, 0.25) is 0 Å². The SMILES string of the molecule is CC.CCC(C)N(C)c1cccc(OC(F)(F)F)c1.CCC=O. The Labute approximate surface area is 137 Å². The van der Waals surface area contributed by atoms with Gasteiger partial charge >= 0.3 is 6.36 Å². The van der Waals surface area contributed by atoms with Gasteiger partial charge in [-0.15, -0.1) is 13.2 Å². The number of carbonyl (C=O) groups excluding carboxylic acids is 1. The van der Waals surface area contributed by atoms with Gasteiger partial charge in [0.1, 0.15) is 12.0 Å². The molecule has 0 saturated carbocycles. The molecule has 0 fully saturated rings. The molecule has 134 valence electrons. The molecule has 1 unspecified atom stereocenters. The predicted molar refractivity (Wildman–Crippen MR) is 89.0 cm³/mol. The van der Waals surface area contributed by atoms with Gasteiger partial charge in [0.05, 0.1) is 0 Å². The number of rotatable bonds is 5. The van der Waals surface area contributed by atoms with Crippen molar-refractivity contribution in [3.63, 3.8) is 0 Å². The predicted octanol–water partition coefficient (Wildman–Crippen LogP) is 5.44. The van der Waals surface area contributed by atoms with Gasteiger partial charge < -0.3 is 14.4 Å². The number of anilines is 1.